The zero-order valence-electron chi connectivity index (χ0n) is 10.8. The van der Waals surface area contributed by atoms with Gasteiger partial charge in [-0.2, -0.15) is 0 Å². The molecule has 5 nitrogen and oxygen atoms in total. The van der Waals surface area contributed by atoms with Crippen LogP contribution in [0.3, 0.4) is 0 Å². The fraction of sp³-hybridized carbons (Fsp3) is 0.0714. The molecule has 0 radical (unpaired) electrons. The van der Waals surface area contributed by atoms with Crippen molar-refractivity contribution >= 4 is 39.1 Å². The Kier molecular flexibility index (Phi) is 3.43. The van der Waals surface area contributed by atoms with Gasteiger partial charge in [0, 0.05) is 16.2 Å². The highest BCUT2D eigenvalue weighted by atomic mass is 79.9. The SMILES string of the molecule is Cc1c(Br)cccc1-c1nnc2c(Cl)cc(C(=O)O)cn12. The van der Waals surface area contributed by atoms with Crippen LogP contribution in [0, 0.1) is 6.92 Å². The minimum atomic E-state index is -1.05. The Morgan fingerprint density at radius 2 is 2.14 bits per heavy atom. The molecule has 2 heterocycles. The number of carboxylic acids is 1. The van der Waals surface area contributed by atoms with Crippen molar-refractivity contribution in [3.05, 3.63) is 51.1 Å². The molecule has 0 aliphatic carbocycles. The molecule has 3 rings (SSSR count). The summed E-state index contributed by atoms with van der Waals surface area (Å²) in [5.41, 5.74) is 2.36. The summed E-state index contributed by atoms with van der Waals surface area (Å²) in [6, 6.07) is 7.08. The van der Waals surface area contributed by atoms with E-state index in [4.69, 9.17) is 16.7 Å². The lowest BCUT2D eigenvalue weighted by atomic mass is 10.1. The molecule has 0 saturated heterocycles. The predicted octanol–water partition coefficient (Wildman–Crippen LogP) is 3.82. The number of rotatable bonds is 2. The molecule has 3 aromatic rings. The first-order valence-corrected chi connectivity index (χ1v) is 7.19. The van der Waals surface area contributed by atoms with Crippen molar-refractivity contribution in [1.29, 1.82) is 0 Å². The lowest BCUT2D eigenvalue weighted by molar-refractivity contribution is 0.0696. The van der Waals surface area contributed by atoms with Gasteiger partial charge in [-0.05, 0) is 24.6 Å². The number of carboxylic acid groups (broad SMARTS) is 1. The van der Waals surface area contributed by atoms with Crippen LogP contribution in [0.2, 0.25) is 5.02 Å². The number of benzene rings is 1. The van der Waals surface area contributed by atoms with Crippen LogP contribution < -0.4 is 0 Å². The molecule has 21 heavy (non-hydrogen) atoms. The number of aromatic nitrogens is 3. The van der Waals surface area contributed by atoms with E-state index in [1.54, 1.807) is 4.40 Å². The summed E-state index contributed by atoms with van der Waals surface area (Å²) < 4.78 is 2.54. The van der Waals surface area contributed by atoms with E-state index in [2.05, 4.69) is 26.1 Å². The Labute approximate surface area is 133 Å². The lowest BCUT2D eigenvalue weighted by Crippen LogP contribution is -2.01. The summed E-state index contributed by atoms with van der Waals surface area (Å²) in [4.78, 5) is 11.2. The van der Waals surface area contributed by atoms with E-state index >= 15 is 0 Å². The summed E-state index contributed by atoms with van der Waals surface area (Å²) in [6.45, 7) is 1.95. The molecule has 1 N–H and O–H groups in total. The molecule has 7 heteroatoms. The fourth-order valence-electron chi connectivity index (χ4n) is 2.10. The average Bonchev–Trinajstić information content (AvgIpc) is 2.86. The number of fused-ring (bicyclic) bond motifs is 1. The Balaban J connectivity index is 2.33. The van der Waals surface area contributed by atoms with E-state index in [0.29, 0.717) is 11.5 Å². The molecule has 0 saturated carbocycles. The summed E-state index contributed by atoms with van der Waals surface area (Å²) in [6.07, 6.45) is 1.47. The molecule has 0 spiro atoms. The van der Waals surface area contributed by atoms with Gasteiger partial charge in [0.15, 0.2) is 11.5 Å². The maximum Gasteiger partial charge on any atom is 0.337 e. The van der Waals surface area contributed by atoms with E-state index in [0.717, 1.165) is 15.6 Å². The van der Waals surface area contributed by atoms with Crippen molar-refractivity contribution in [1.82, 2.24) is 14.6 Å². The van der Waals surface area contributed by atoms with Gasteiger partial charge in [-0.3, -0.25) is 4.40 Å². The highest BCUT2D eigenvalue weighted by Crippen LogP contribution is 2.29. The number of hydrogen-bond donors (Lipinski definition) is 1. The van der Waals surface area contributed by atoms with Gasteiger partial charge in [-0.15, -0.1) is 10.2 Å². The highest BCUT2D eigenvalue weighted by molar-refractivity contribution is 9.10. The monoisotopic (exact) mass is 365 g/mol. The number of carbonyl (C=O) groups is 1. The van der Waals surface area contributed by atoms with E-state index in [1.807, 2.05) is 25.1 Å². The molecule has 0 fully saturated rings. The van der Waals surface area contributed by atoms with Crippen LogP contribution >= 0.6 is 27.5 Å². The molecule has 0 aliphatic rings. The first-order chi connectivity index (χ1) is 9.99. The summed E-state index contributed by atoms with van der Waals surface area (Å²) >= 11 is 9.55. The molecule has 1 aromatic carbocycles. The number of pyridine rings is 1. The van der Waals surface area contributed by atoms with Gasteiger partial charge in [0.1, 0.15) is 0 Å². The number of halogens is 2. The standard InChI is InChI=1S/C14H9BrClN3O2/c1-7-9(3-2-4-10(7)15)12-17-18-13-11(16)5-8(14(20)21)6-19(12)13/h2-6H,1H3,(H,20,21). The Bertz CT molecular complexity index is 876. The zero-order chi connectivity index (χ0) is 15.1. The van der Waals surface area contributed by atoms with Gasteiger partial charge >= 0.3 is 5.97 Å². The van der Waals surface area contributed by atoms with E-state index in [9.17, 15) is 4.79 Å². The Morgan fingerprint density at radius 1 is 1.38 bits per heavy atom. The Morgan fingerprint density at radius 3 is 2.86 bits per heavy atom. The van der Waals surface area contributed by atoms with Gasteiger partial charge in [-0.1, -0.05) is 39.7 Å². The minimum absolute atomic E-state index is 0.0844. The molecule has 0 bridgehead atoms. The maximum atomic E-state index is 11.2. The van der Waals surface area contributed by atoms with Crippen molar-refractivity contribution in [2.24, 2.45) is 0 Å². The van der Waals surface area contributed by atoms with Crippen molar-refractivity contribution in [3.8, 4) is 11.4 Å². The van der Waals surface area contributed by atoms with Crippen molar-refractivity contribution in [3.63, 3.8) is 0 Å². The normalized spacial score (nSPS) is 11.0. The van der Waals surface area contributed by atoms with Crippen LogP contribution in [0.25, 0.3) is 17.0 Å². The van der Waals surface area contributed by atoms with Gasteiger partial charge in [0.05, 0.1) is 10.6 Å². The molecule has 0 amide bonds. The van der Waals surface area contributed by atoms with Crippen molar-refractivity contribution in [2.75, 3.05) is 0 Å². The third kappa shape index (κ3) is 2.30. The molecule has 0 unspecified atom stereocenters. The van der Waals surface area contributed by atoms with Crippen LogP contribution in [0.1, 0.15) is 15.9 Å². The largest absolute Gasteiger partial charge is 0.478 e. The summed E-state index contributed by atoms with van der Waals surface area (Å²) in [5.74, 6) is -0.502. The number of nitrogens with zero attached hydrogens (tertiary/aromatic N) is 3. The molecular weight excluding hydrogens is 358 g/mol. The van der Waals surface area contributed by atoms with Crippen molar-refractivity contribution < 1.29 is 9.90 Å². The van der Waals surface area contributed by atoms with Gasteiger partial charge in [0.2, 0.25) is 0 Å². The second-order valence-corrected chi connectivity index (χ2v) is 5.77. The molecule has 2 aromatic heterocycles. The second kappa shape index (κ2) is 5.13. The predicted molar refractivity (Wildman–Crippen MR) is 82.8 cm³/mol. The van der Waals surface area contributed by atoms with E-state index in [-0.39, 0.29) is 10.6 Å². The highest BCUT2D eigenvalue weighted by Gasteiger charge is 2.16. The quantitative estimate of drug-likeness (QED) is 0.748. The molecule has 0 atom stereocenters. The average molecular weight is 367 g/mol. The second-order valence-electron chi connectivity index (χ2n) is 4.51. The number of aromatic carboxylic acids is 1. The summed E-state index contributed by atoms with van der Waals surface area (Å²) in [7, 11) is 0. The Hall–Kier alpha value is -1.92. The number of hydrogen-bond acceptors (Lipinski definition) is 3. The van der Waals surface area contributed by atoms with Crippen LogP contribution in [0.15, 0.2) is 34.9 Å². The van der Waals surface area contributed by atoms with Crippen LogP contribution in [0.4, 0.5) is 0 Å². The van der Waals surface area contributed by atoms with Crippen molar-refractivity contribution in [2.45, 2.75) is 6.92 Å². The smallest absolute Gasteiger partial charge is 0.337 e. The zero-order valence-corrected chi connectivity index (χ0v) is 13.2. The maximum absolute atomic E-state index is 11.2. The topological polar surface area (TPSA) is 67.5 Å². The summed E-state index contributed by atoms with van der Waals surface area (Å²) in [5, 5.41) is 17.6. The van der Waals surface area contributed by atoms with Gasteiger partial charge < -0.3 is 5.11 Å². The van der Waals surface area contributed by atoms with Crippen LogP contribution in [-0.4, -0.2) is 25.7 Å². The first kappa shape index (κ1) is 14.0. The fourth-order valence-corrected chi connectivity index (χ4v) is 2.72. The van der Waals surface area contributed by atoms with Gasteiger partial charge in [0.25, 0.3) is 0 Å². The van der Waals surface area contributed by atoms with Gasteiger partial charge in [-0.25, -0.2) is 4.79 Å². The lowest BCUT2D eigenvalue weighted by Gasteiger charge is -2.07. The van der Waals surface area contributed by atoms with E-state index in [1.165, 1.54) is 12.3 Å². The molecular formula is C14H9BrClN3O2. The molecule has 106 valence electrons. The van der Waals surface area contributed by atoms with Crippen LogP contribution in [-0.2, 0) is 0 Å². The third-order valence-electron chi connectivity index (χ3n) is 3.22. The minimum Gasteiger partial charge on any atom is -0.478 e. The third-order valence-corrected chi connectivity index (χ3v) is 4.35. The first-order valence-electron chi connectivity index (χ1n) is 6.02. The molecule has 0 aliphatic heterocycles. The van der Waals surface area contributed by atoms with Crippen LogP contribution in [0.5, 0.6) is 0 Å². The van der Waals surface area contributed by atoms with E-state index < -0.39 is 5.97 Å².